The summed E-state index contributed by atoms with van der Waals surface area (Å²) >= 11 is 0. The summed E-state index contributed by atoms with van der Waals surface area (Å²) in [6, 6.07) is 16.8. The van der Waals surface area contributed by atoms with Gasteiger partial charge in [-0.2, -0.15) is 0 Å². The van der Waals surface area contributed by atoms with Crippen LogP contribution >= 0.6 is 0 Å². The predicted octanol–water partition coefficient (Wildman–Crippen LogP) is 3.42. The highest BCUT2D eigenvalue weighted by Gasteiger charge is 2.19. The number of para-hydroxylation sites is 1. The largest absolute Gasteiger partial charge is 0.376 e. The Morgan fingerprint density at radius 3 is 2.79 bits per heavy atom. The monoisotopic (exact) mass is 324 g/mol. The van der Waals surface area contributed by atoms with Crippen molar-refractivity contribution < 1.29 is 9.53 Å². The van der Waals surface area contributed by atoms with E-state index in [2.05, 4.69) is 59.6 Å². The first-order chi connectivity index (χ1) is 11.6. The van der Waals surface area contributed by atoms with Crippen LogP contribution in [0, 0.1) is 0 Å². The summed E-state index contributed by atoms with van der Waals surface area (Å²) in [6.07, 6.45) is 1.06. The van der Waals surface area contributed by atoms with E-state index in [1.807, 2.05) is 6.07 Å². The molecule has 0 saturated carbocycles. The number of hydrogen-bond acceptors (Lipinski definition) is 3. The lowest BCUT2D eigenvalue weighted by Crippen LogP contribution is -2.29. The van der Waals surface area contributed by atoms with Crippen LogP contribution in [0.25, 0.3) is 0 Å². The van der Waals surface area contributed by atoms with E-state index < -0.39 is 0 Å². The van der Waals surface area contributed by atoms with Crippen LogP contribution in [0.1, 0.15) is 25.0 Å². The molecule has 2 aromatic carbocycles. The summed E-state index contributed by atoms with van der Waals surface area (Å²) < 4.78 is 5.92. The highest BCUT2D eigenvalue weighted by atomic mass is 16.5. The van der Waals surface area contributed by atoms with Crippen LogP contribution in [0.15, 0.2) is 48.5 Å². The molecule has 1 N–H and O–H groups in total. The van der Waals surface area contributed by atoms with Crippen molar-refractivity contribution in [3.05, 3.63) is 59.7 Å². The van der Waals surface area contributed by atoms with Gasteiger partial charge >= 0.3 is 0 Å². The predicted molar refractivity (Wildman–Crippen MR) is 96.5 cm³/mol. The van der Waals surface area contributed by atoms with Crippen LogP contribution < -0.4 is 10.2 Å². The highest BCUT2D eigenvalue weighted by Crippen LogP contribution is 2.31. The lowest BCUT2D eigenvalue weighted by Gasteiger charge is -2.31. The third-order valence-electron chi connectivity index (χ3n) is 4.27. The van der Waals surface area contributed by atoms with Crippen LogP contribution in [0.5, 0.6) is 0 Å². The molecular weight excluding hydrogens is 300 g/mol. The van der Waals surface area contributed by atoms with Crippen LogP contribution in [0.4, 0.5) is 11.4 Å². The number of rotatable bonds is 3. The van der Waals surface area contributed by atoms with Gasteiger partial charge in [0.15, 0.2) is 0 Å². The third-order valence-corrected chi connectivity index (χ3v) is 4.27. The van der Waals surface area contributed by atoms with Gasteiger partial charge in [0.25, 0.3) is 0 Å². The average Bonchev–Trinajstić information content (AvgIpc) is 2.57. The molecule has 0 fully saturated rings. The van der Waals surface area contributed by atoms with Gasteiger partial charge in [-0.25, -0.2) is 0 Å². The molecule has 24 heavy (non-hydrogen) atoms. The summed E-state index contributed by atoms with van der Waals surface area (Å²) in [5, 5.41) is 2.87. The number of hydrogen-bond donors (Lipinski definition) is 1. The molecule has 4 nitrogen and oxygen atoms in total. The van der Waals surface area contributed by atoms with Gasteiger partial charge in [-0.05, 0) is 36.2 Å². The lowest BCUT2D eigenvalue weighted by molar-refractivity contribution is -0.119. The molecule has 1 atom stereocenters. The van der Waals surface area contributed by atoms with Gasteiger partial charge in [-0.15, -0.1) is 0 Å². The molecular formula is C20H24N2O2. The second kappa shape index (κ2) is 7.49. The molecule has 3 rings (SSSR count). The van der Waals surface area contributed by atoms with Gasteiger partial charge in [-0.3, -0.25) is 4.79 Å². The van der Waals surface area contributed by atoms with Crippen molar-refractivity contribution in [3.63, 3.8) is 0 Å². The summed E-state index contributed by atoms with van der Waals surface area (Å²) in [4.78, 5) is 13.5. The van der Waals surface area contributed by atoms with Crippen molar-refractivity contribution >= 4 is 17.3 Å². The normalized spacial score (nSPS) is 17.6. The Labute approximate surface area is 143 Å². The Balaban J connectivity index is 1.95. The molecule has 2 aromatic rings. The number of carbonyl (C=O) groups is 1. The van der Waals surface area contributed by atoms with E-state index in [1.165, 1.54) is 16.9 Å². The van der Waals surface area contributed by atoms with Gasteiger partial charge in [0.2, 0.25) is 5.91 Å². The van der Waals surface area contributed by atoms with Crippen molar-refractivity contribution in [2.45, 2.75) is 32.9 Å². The van der Waals surface area contributed by atoms with Crippen LogP contribution in [-0.4, -0.2) is 25.2 Å². The van der Waals surface area contributed by atoms with E-state index in [0.29, 0.717) is 13.2 Å². The number of benzene rings is 2. The zero-order chi connectivity index (χ0) is 16.9. The maximum atomic E-state index is 11.2. The van der Waals surface area contributed by atoms with E-state index >= 15 is 0 Å². The van der Waals surface area contributed by atoms with Crippen LogP contribution in [-0.2, 0) is 22.5 Å². The Morgan fingerprint density at radius 1 is 1.25 bits per heavy atom. The quantitative estimate of drug-likeness (QED) is 0.940. The standard InChI is InChI=1S/C20H24N2O2/c1-15-12-18-13-17(14-21-16(2)23)8-9-20(18)22(10-11-24-15)19-6-4-3-5-7-19/h3-9,13,15H,10-12,14H2,1-2H3,(H,21,23). The molecule has 0 bridgehead atoms. The second-order valence-electron chi connectivity index (χ2n) is 6.25. The zero-order valence-electron chi connectivity index (χ0n) is 14.3. The molecule has 0 saturated heterocycles. The minimum atomic E-state index is -0.00986. The van der Waals surface area contributed by atoms with Crippen molar-refractivity contribution in [2.75, 3.05) is 18.1 Å². The number of fused-ring (bicyclic) bond motifs is 1. The molecule has 1 heterocycles. The Hall–Kier alpha value is -2.33. The van der Waals surface area contributed by atoms with Gasteiger partial charge in [-0.1, -0.05) is 30.3 Å². The Kier molecular flexibility index (Phi) is 5.16. The SMILES string of the molecule is CC(=O)NCc1ccc2c(c1)CC(C)OCCN2c1ccccc1. The van der Waals surface area contributed by atoms with E-state index in [9.17, 15) is 4.79 Å². The first kappa shape index (κ1) is 16.5. The van der Waals surface area contributed by atoms with Gasteiger partial charge in [0, 0.05) is 37.8 Å². The molecule has 0 radical (unpaired) electrons. The smallest absolute Gasteiger partial charge is 0.217 e. The highest BCUT2D eigenvalue weighted by molar-refractivity contribution is 5.73. The lowest BCUT2D eigenvalue weighted by atomic mass is 10.0. The first-order valence-corrected chi connectivity index (χ1v) is 8.44. The fourth-order valence-corrected chi connectivity index (χ4v) is 3.11. The first-order valence-electron chi connectivity index (χ1n) is 8.44. The Morgan fingerprint density at radius 2 is 2.04 bits per heavy atom. The number of nitrogens with one attached hydrogen (secondary N) is 1. The molecule has 4 heteroatoms. The minimum absolute atomic E-state index is 0.00986. The van der Waals surface area contributed by atoms with Crippen molar-refractivity contribution in [1.29, 1.82) is 0 Å². The number of carbonyl (C=O) groups excluding carboxylic acids is 1. The summed E-state index contributed by atoms with van der Waals surface area (Å²) in [5.41, 5.74) is 4.77. The van der Waals surface area contributed by atoms with E-state index in [1.54, 1.807) is 6.92 Å². The summed E-state index contributed by atoms with van der Waals surface area (Å²) in [5.74, 6) is -0.00986. The van der Waals surface area contributed by atoms with Gasteiger partial charge < -0.3 is 15.0 Å². The fraction of sp³-hybridized carbons (Fsp3) is 0.350. The summed E-state index contributed by atoms with van der Waals surface area (Å²) in [7, 11) is 0. The molecule has 126 valence electrons. The van der Waals surface area contributed by atoms with Gasteiger partial charge in [0.1, 0.15) is 0 Å². The number of amides is 1. The maximum absolute atomic E-state index is 11.2. The van der Waals surface area contributed by atoms with Crippen LogP contribution in [0.2, 0.25) is 0 Å². The fourth-order valence-electron chi connectivity index (χ4n) is 3.11. The Bertz CT molecular complexity index is 700. The molecule has 0 spiro atoms. The van der Waals surface area contributed by atoms with E-state index in [4.69, 9.17) is 4.74 Å². The van der Waals surface area contributed by atoms with Crippen LogP contribution in [0.3, 0.4) is 0 Å². The topological polar surface area (TPSA) is 41.6 Å². The number of nitrogens with zero attached hydrogens (tertiary/aromatic N) is 1. The third kappa shape index (κ3) is 3.95. The molecule has 1 amide bonds. The molecule has 1 aliphatic rings. The van der Waals surface area contributed by atoms with Crippen molar-refractivity contribution in [3.8, 4) is 0 Å². The maximum Gasteiger partial charge on any atom is 0.217 e. The molecule has 1 unspecified atom stereocenters. The van der Waals surface area contributed by atoms with Gasteiger partial charge in [0.05, 0.1) is 12.7 Å². The average molecular weight is 324 g/mol. The van der Waals surface area contributed by atoms with E-state index in [0.717, 1.165) is 18.5 Å². The number of ether oxygens (including phenoxy) is 1. The molecule has 0 aliphatic carbocycles. The van der Waals surface area contributed by atoms with E-state index in [-0.39, 0.29) is 12.0 Å². The number of anilines is 2. The van der Waals surface area contributed by atoms with Crippen molar-refractivity contribution in [2.24, 2.45) is 0 Å². The molecule has 1 aliphatic heterocycles. The van der Waals surface area contributed by atoms with Crippen molar-refractivity contribution in [1.82, 2.24) is 5.32 Å². The second-order valence-corrected chi connectivity index (χ2v) is 6.25. The molecule has 0 aromatic heterocycles. The minimum Gasteiger partial charge on any atom is -0.376 e. The zero-order valence-corrected chi connectivity index (χ0v) is 14.3. The summed E-state index contributed by atoms with van der Waals surface area (Å²) in [6.45, 7) is 5.75.